The molecule has 0 radical (unpaired) electrons. The summed E-state index contributed by atoms with van der Waals surface area (Å²) in [5, 5.41) is 9.14. The number of thiophene rings is 1. The highest BCUT2D eigenvalue weighted by molar-refractivity contribution is 7.13. The van der Waals surface area contributed by atoms with E-state index in [9.17, 15) is 4.79 Å². The number of carbonyl (C=O) groups excluding carboxylic acids is 1. The van der Waals surface area contributed by atoms with Gasteiger partial charge in [-0.05, 0) is 31.3 Å². The molecule has 0 aliphatic heterocycles. The Kier molecular flexibility index (Phi) is 6.36. The SMILES string of the molecule is CCOC(=O)CCNCCCc1nc(-c2cccs2)no1. The lowest BCUT2D eigenvalue weighted by Crippen LogP contribution is -2.20. The van der Waals surface area contributed by atoms with Crippen molar-refractivity contribution in [2.24, 2.45) is 0 Å². The van der Waals surface area contributed by atoms with E-state index in [1.807, 2.05) is 17.5 Å². The Hall–Kier alpha value is -1.73. The molecular weight excluding hydrogens is 290 g/mol. The molecule has 0 unspecified atom stereocenters. The minimum atomic E-state index is -0.164. The van der Waals surface area contributed by atoms with E-state index in [0.29, 0.717) is 31.3 Å². The molecule has 2 heterocycles. The molecule has 0 fully saturated rings. The molecule has 0 aliphatic carbocycles. The van der Waals surface area contributed by atoms with Gasteiger partial charge in [0.25, 0.3) is 0 Å². The maximum atomic E-state index is 11.1. The molecule has 0 aromatic carbocycles. The molecule has 0 saturated carbocycles. The van der Waals surface area contributed by atoms with E-state index in [0.717, 1.165) is 24.3 Å². The molecule has 114 valence electrons. The summed E-state index contributed by atoms with van der Waals surface area (Å²) in [5.41, 5.74) is 0. The van der Waals surface area contributed by atoms with Crippen molar-refractivity contribution < 1.29 is 14.1 Å². The van der Waals surface area contributed by atoms with Crippen molar-refractivity contribution in [3.05, 3.63) is 23.4 Å². The highest BCUT2D eigenvalue weighted by Gasteiger charge is 2.08. The van der Waals surface area contributed by atoms with Gasteiger partial charge in [-0.2, -0.15) is 4.98 Å². The van der Waals surface area contributed by atoms with Crippen molar-refractivity contribution in [2.45, 2.75) is 26.2 Å². The molecule has 0 spiro atoms. The van der Waals surface area contributed by atoms with Gasteiger partial charge in [0.15, 0.2) is 0 Å². The molecule has 2 aromatic rings. The van der Waals surface area contributed by atoms with Gasteiger partial charge < -0.3 is 14.6 Å². The van der Waals surface area contributed by atoms with E-state index >= 15 is 0 Å². The number of hydrogen-bond donors (Lipinski definition) is 1. The summed E-state index contributed by atoms with van der Waals surface area (Å²) in [6, 6.07) is 3.93. The Balaban J connectivity index is 1.60. The largest absolute Gasteiger partial charge is 0.466 e. The average molecular weight is 309 g/mol. The summed E-state index contributed by atoms with van der Waals surface area (Å²) in [4.78, 5) is 16.5. The molecule has 6 nitrogen and oxygen atoms in total. The quantitative estimate of drug-likeness (QED) is 0.565. The van der Waals surface area contributed by atoms with Gasteiger partial charge in [0.05, 0.1) is 17.9 Å². The van der Waals surface area contributed by atoms with Gasteiger partial charge in [0.2, 0.25) is 11.7 Å². The van der Waals surface area contributed by atoms with Gasteiger partial charge in [0, 0.05) is 13.0 Å². The van der Waals surface area contributed by atoms with Crippen LogP contribution < -0.4 is 5.32 Å². The zero-order chi connectivity index (χ0) is 14.9. The molecule has 0 atom stereocenters. The first-order valence-corrected chi connectivity index (χ1v) is 7.90. The van der Waals surface area contributed by atoms with E-state index in [1.165, 1.54) is 0 Å². The van der Waals surface area contributed by atoms with Crippen LogP contribution in [0.15, 0.2) is 22.0 Å². The molecule has 2 rings (SSSR count). The zero-order valence-corrected chi connectivity index (χ0v) is 12.8. The van der Waals surface area contributed by atoms with Crippen molar-refractivity contribution in [3.63, 3.8) is 0 Å². The van der Waals surface area contributed by atoms with Gasteiger partial charge >= 0.3 is 5.97 Å². The van der Waals surface area contributed by atoms with Crippen LogP contribution in [0.5, 0.6) is 0 Å². The third-order valence-electron chi connectivity index (χ3n) is 2.77. The predicted octanol–water partition coefficient (Wildman–Crippen LogP) is 2.27. The van der Waals surface area contributed by atoms with E-state index < -0.39 is 0 Å². The fourth-order valence-electron chi connectivity index (χ4n) is 1.78. The molecule has 2 aromatic heterocycles. The number of hydrogen-bond acceptors (Lipinski definition) is 7. The van der Waals surface area contributed by atoms with Crippen molar-refractivity contribution >= 4 is 17.3 Å². The van der Waals surface area contributed by atoms with Crippen LogP contribution in [-0.2, 0) is 16.0 Å². The van der Waals surface area contributed by atoms with Gasteiger partial charge in [-0.25, -0.2) is 0 Å². The van der Waals surface area contributed by atoms with Crippen LogP contribution in [0.4, 0.5) is 0 Å². The normalized spacial score (nSPS) is 10.7. The van der Waals surface area contributed by atoms with Crippen molar-refractivity contribution in [2.75, 3.05) is 19.7 Å². The van der Waals surface area contributed by atoms with E-state index in [2.05, 4.69) is 15.5 Å². The number of carbonyl (C=O) groups is 1. The first-order valence-electron chi connectivity index (χ1n) is 7.02. The van der Waals surface area contributed by atoms with Gasteiger partial charge in [-0.1, -0.05) is 11.2 Å². The second-order valence-electron chi connectivity index (χ2n) is 4.40. The smallest absolute Gasteiger partial charge is 0.307 e. The first-order chi connectivity index (χ1) is 10.3. The lowest BCUT2D eigenvalue weighted by molar-refractivity contribution is -0.142. The third-order valence-corrected chi connectivity index (χ3v) is 3.63. The maximum absolute atomic E-state index is 11.1. The number of nitrogens with one attached hydrogen (secondary N) is 1. The van der Waals surface area contributed by atoms with Crippen LogP contribution in [0.25, 0.3) is 10.7 Å². The number of nitrogens with zero attached hydrogens (tertiary/aromatic N) is 2. The van der Waals surface area contributed by atoms with E-state index in [-0.39, 0.29) is 5.97 Å². The van der Waals surface area contributed by atoms with Gasteiger partial charge in [-0.3, -0.25) is 4.79 Å². The second-order valence-corrected chi connectivity index (χ2v) is 5.35. The Morgan fingerprint density at radius 3 is 3.14 bits per heavy atom. The predicted molar refractivity (Wildman–Crippen MR) is 80.1 cm³/mol. The summed E-state index contributed by atoms with van der Waals surface area (Å²) in [6.45, 7) is 3.67. The van der Waals surface area contributed by atoms with Crippen molar-refractivity contribution in [1.82, 2.24) is 15.5 Å². The van der Waals surface area contributed by atoms with Gasteiger partial charge in [-0.15, -0.1) is 11.3 Å². The van der Waals surface area contributed by atoms with Crippen LogP contribution in [0, 0.1) is 0 Å². The topological polar surface area (TPSA) is 77.2 Å². The first kappa shape index (κ1) is 15.7. The number of aromatic nitrogens is 2. The summed E-state index contributed by atoms with van der Waals surface area (Å²) in [7, 11) is 0. The maximum Gasteiger partial charge on any atom is 0.307 e. The Morgan fingerprint density at radius 1 is 1.48 bits per heavy atom. The molecular formula is C14H19N3O3S. The number of ether oxygens (including phenoxy) is 1. The van der Waals surface area contributed by atoms with Gasteiger partial charge in [0.1, 0.15) is 0 Å². The third kappa shape index (κ3) is 5.28. The average Bonchev–Trinajstić information content (AvgIpc) is 3.13. The molecule has 0 saturated heterocycles. The highest BCUT2D eigenvalue weighted by atomic mass is 32.1. The molecule has 0 amide bonds. The van der Waals surface area contributed by atoms with Crippen molar-refractivity contribution in [3.8, 4) is 10.7 Å². The minimum absolute atomic E-state index is 0.164. The van der Waals surface area contributed by atoms with E-state index in [4.69, 9.17) is 9.26 Å². The van der Waals surface area contributed by atoms with Crippen LogP contribution >= 0.6 is 11.3 Å². The number of rotatable bonds is 9. The lowest BCUT2D eigenvalue weighted by atomic mass is 10.3. The summed E-state index contributed by atoms with van der Waals surface area (Å²) in [6.07, 6.45) is 2.01. The molecule has 21 heavy (non-hydrogen) atoms. The van der Waals surface area contributed by atoms with Crippen molar-refractivity contribution in [1.29, 1.82) is 0 Å². The van der Waals surface area contributed by atoms with Crippen LogP contribution in [0.2, 0.25) is 0 Å². The Bertz CT molecular complexity index is 539. The fraction of sp³-hybridized carbons (Fsp3) is 0.500. The second kappa shape index (κ2) is 8.53. The summed E-state index contributed by atoms with van der Waals surface area (Å²) in [5.74, 6) is 1.13. The zero-order valence-electron chi connectivity index (χ0n) is 12.0. The molecule has 0 aliphatic rings. The minimum Gasteiger partial charge on any atom is -0.466 e. The molecule has 1 N–H and O–H groups in total. The van der Waals surface area contributed by atoms with Crippen LogP contribution in [0.1, 0.15) is 25.7 Å². The Morgan fingerprint density at radius 2 is 2.38 bits per heavy atom. The summed E-state index contributed by atoms with van der Waals surface area (Å²) >= 11 is 1.59. The summed E-state index contributed by atoms with van der Waals surface area (Å²) < 4.78 is 10.1. The highest BCUT2D eigenvalue weighted by Crippen LogP contribution is 2.21. The van der Waals surface area contributed by atoms with E-state index in [1.54, 1.807) is 18.3 Å². The van der Waals surface area contributed by atoms with Crippen LogP contribution in [0.3, 0.4) is 0 Å². The van der Waals surface area contributed by atoms with Crippen LogP contribution in [-0.4, -0.2) is 35.8 Å². The number of esters is 1. The standard InChI is InChI=1S/C14H19N3O3S/c1-2-19-13(18)7-9-15-8-3-6-12-16-14(17-20-12)11-5-4-10-21-11/h4-5,10,15H,2-3,6-9H2,1H3. The monoisotopic (exact) mass is 309 g/mol. The molecule has 0 bridgehead atoms. The lowest BCUT2D eigenvalue weighted by Gasteiger charge is -2.03. The Labute approximate surface area is 127 Å². The fourth-order valence-corrected chi connectivity index (χ4v) is 2.42. The molecule has 7 heteroatoms. The number of aryl methyl sites for hydroxylation is 1.